The van der Waals surface area contributed by atoms with E-state index < -0.39 is 0 Å². The van der Waals surface area contributed by atoms with E-state index in [0.717, 1.165) is 27.8 Å². The minimum atomic E-state index is 0.564. The van der Waals surface area contributed by atoms with Crippen LogP contribution in [0.3, 0.4) is 0 Å². The molecule has 0 bridgehead atoms. The van der Waals surface area contributed by atoms with Crippen LogP contribution in [0.4, 0.5) is 5.69 Å². The highest BCUT2D eigenvalue weighted by Gasteiger charge is 1.99. The van der Waals surface area contributed by atoms with Crippen LogP contribution in [0.25, 0.3) is 0 Å². The van der Waals surface area contributed by atoms with E-state index in [0.29, 0.717) is 33.0 Å². The molecule has 0 aliphatic rings. The molecule has 130 valence electrons. The summed E-state index contributed by atoms with van der Waals surface area (Å²) in [5, 5.41) is 4.07. The fraction of sp³-hybridized carbons (Fsp3) is 0.368. The number of rotatable bonds is 10. The fourth-order valence-corrected chi connectivity index (χ4v) is 2.22. The lowest BCUT2D eigenvalue weighted by atomic mass is 10.2. The van der Waals surface area contributed by atoms with Gasteiger partial charge in [0.1, 0.15) is 24.7 Å². The van der Waals surface area contributed by atoms with Crippen molar-refractivity contribution in [3.8, 4) is 11.5 Å². The van der Waals surface area contributed by atoms with Crippen LogP contribution < -0.4 is 14.8 Å². The van der Waals surface area contributed by atoms with Crippen molar-refractivity contribution in [1.82, 2.24) is 0 Å². The number of benzene rings is 2. The highest BCUT2D eigenvalue weighted by molar-refractivity contribution is 6.31. The first-order valence-corrected chi connectivity index (χ1v) is 8.50. The Labute approximate surface area is 148 Å². The van der Waals surface area contributed by atoms with Gasteiger partial charge in [0, 0.05) is 23.9 Å². The molecule has 0 fully saturated rings. The van der Waals surface area contributed by atoms with E-state index in [1.54, 1.807) is 0 Å². The molecule has 2 aromatic rings. The molecule has 0 saturated heterocycles. The smallest absolute Gasteiger partial charge is 0.119 e. The monoisotopic (exact) mass is 349 g/mol. The first-order chi connectivity index (χ1) is 11.7. The van der Waals surface area contributed by atoms with Crippen molar-refractivity contribution in [2.75, 3.05) is 38.3 Å². The maximum absolute atomic E-state index is 6.00. The van der Waals surface area contributed by atoms with Crippen molar-refractivity contribution in [2.24, 2.45) is 0 Å². The molecule has 0 unspecified atom stereocenters. The second-order valence-corrected chi connectivity index (χ2v) is 5.66. The molecule has 2 aromatic carbocycles. The van der Waals surface area contributed by atoms with E-state index in [2.05, 4.69) is 5.32 Å². The molecular weight excluding hydrogens is 326 g/mol. The lowest BCUT2D eigenvalue weighted by molar-refractivity contribution is 0.110. The fourth-order valence-electron chi connectivity index (χ4n) is 2.10. The Morgan fingerprint density at radius 3 is 2.33 bits per heavy atom. The first kappa shape index (κ1) is 18.4. The van der Waals surface area contributed by atoms with Gasteiger partial charge >= 0.3 is 0 Å². The van der Waals surface area contributed by atoms with Gasteiger partial charge in [-0.3, -0.25) is 0 Å². The number of nitrogens with one attached hydrogen (secondary N) is 1. The molecule has 5 heteroatoms. The molecule has 4 nitrogen and oxygen atoms in total. The second kappa shape index (κ2) is 10.1. The second-order valence-electron chi connectivity index (χ2n) is 5.26. The molecule has 2 rings (SSSR count). The SMILES string of the molecule is CCOCCOc1ccc(NCCOc2ccc(Cl)c(C)c2)cc1. The van der Waals surface area contributed by atoms with E-state index >= 15 is 0 Å². The van der Waals surface area contributed by atoms with Crippen LogP contribution in [0, 0.1) is 6.92 Å². The topological polar surface area (TPSA) is 39.7 Å². The summed E-state index contributed by atoms with van der Waals surface area (Å²) in [5.74, 6) is 1.67. The quantitative estimate of drug-likeness (QED) is 0.638. The van der Waals surface area contributed by atoms with Crippen LogP contribution in [0.15, 0.2) is 42.5 Å². The van der Waals surface area contributed by atoms with Crippen molar-refractivity contribution >= 4 is 17.3 Å². The molecular formula is C19H24ClNO3. The predicted octanol–water partition coefficient (Wildman–Crippen LogP) is 4.55. The third-order valence-electron chi connectivity index (χ3n) is 3.38. The highest BCUT2D eigenvalue weighted by Crippen LogP contribution is 2.21. The lowest BCUT2D eigenvalue weighted by Gasteiger charge is -2.10. The maximum Gasteiger partial charge on any atom is 0.119 e. The average Bonchev–Trinajstić information content (AvgIpc) is 2.60. The summed E-state index contributed by atoms with van der Waals surface area (Å²) in [5.41, 5.74) is 2.05. The Bertz CT molecular complexity index is 617. The Morgan fingerprint density at radius 1 is 0.917 bits per heavy atom. The van der Waals surface area contributed by atoms with Crippen LogP contribution >= 0.6 is 11.6 Å². The Hall–Kier alpha value is -1.91. The number of hydrogen-bond acceptors (Lipinski definition) is 4. The molecule has 0 spiro atoms. The molecule has 0 aromatic heterocycles. The number of anilines is 1. The zero-order valence-electron chi connectivity index (χ0n) is 14.2. The van der Waals surface area contributed by atoms with Gasteiger partial charge in [0.2, 0.25) is 0 Å². The third kappa shape index (κ3) is 6.30. The Morgan fingerprint density at radius 2 is 1.62 bits per heavy atom. The number of aryl methyl sites for hydroxylation is 1. The van der Waals surface area contributed by atoms with Crippen molar-refractivity contribution < 1.29 is 14.2 Å². The standard InChI is InChI=1S/C19H24ClNO3/c1-3-22-12-13-24-17-6-4-16(5-7-17)21-10-11-23-18-8-9-19(20)15(2)14-18/h4-9,14,21H,3,10-13H2,1-2H3. The number of halogens is 1. The van der Waals surface area contributed by atoms with Gasteiger partial charge in [0.15, 0.2) is 0 Å². The number of ether oxygens (including phenoxy) is 3. The summed E-state index contributed by atoms with van der Waals surface area (Å²) in [4.78, 5) is 0. The van der Waals surface area contributed by atoms with Crippen LogP contribution in [-0.4, -0.2) is 33.0 Å². The van der Waals surface area contributed by atoms with Crippen molar-refractivity contribution in [1.29, 1.82) is 0 Å². The summed E-state index contributed by atoms with van der Waals surface area (Å²) in [6.07, 6.45) is 0. The summed E-state index contributed by atoms with van der Waals surface area (Å²) < 4.78 is 16.5. The van der Waals surface area contributed by atoms with Gasteiger partial charge < -0.3 is 19.5 Å². The molecule has 0 heterocycles. The van der Waals surface area contributed by atoms with E-state index in [-0.39, 0.29) is 0 Å². The molecule has 0 atom stereocenters. The third-order valence-corrected chi connectivity index (χ3v) is 3.81. The van der Waals surface area contributed by atoms with Crippen molar-refractivity contribution in [2.45, 2.75) is 13.8 Å². The van der Waals surface area contributed by atoms with E-state index in [4.69, 9.17) is 25.8 Å². The summed E-state index contributed by atoms with van der Waals surface area (Å²) in [7, 11) is 0. The van der Waals surface area contributed by atoms with Gasteiger partial charge in [-0.15, -0.1) is 0 Å². The first-order valence-electron chi connectivity index (χ1n) is 8.12. The molecule has 24 heavy (non-hydrogen) atoms. The van der Waals surface area contributed by atoms with Crippen LogP contribution in [0.5, 0.6) is 11.5 Å². The Balaban J connectivity index is 1.67. The van der Waals surface area contributed by atoms with Crippen LogP contribution in [0.2, 0.25) is 5.02 Å². The van der Waals surface area contributed by atoms with Gasteiger partial charge in [-0.25, -0.2) is 0 Å². The average molecular weight is 350 g/mol. The van der Waals surface area contributed by atoms with Gasteiger partial charge in [-0.2, -0.15) is 0 Å². The van der Waals surface area contributed by atoms with Gasteiger partial charge in [0.25, 0.3) is 0 Å². The number of hydrogen-bond donors (Lipinski definition) is 1. The normalized spacial score (nSPS) is 10.5. The van der Waals surface area contributed by atoms with Crippen LogP contribution in [0.1, 0.15) is 12.5 Å². The zero-order chi connectivity index (χ0) is 17.2. The van der Waals surface area contributed by atoms with Crippen LogP contribution in [-0.2, 0) is 4.74 Å². The molecule has 0 amide bonds. The molecule has 0 aliphatic carbocycles. The van der Waals surface area contributed by atoms with Gasteiger partial charge in [-0.05, 0) is 61.9 Å². The van der Waals surface area contributed by atoms with E-state index in [9.17, 15) is 0 Å². The van der Waals surface area contributed by atoms with Gasteiger partial charge in [-0.1, -0.05) is 11.6 Å². The zero-order valence-corrected chi connectivity index (χ0v) is 14.9. The largest absolute Gasteiger partial charge is 0.492 e. The van der Waals surface area contributed by atoms with Crippen molar-refractivity contribution in [3.05, 3.63) is 53.1 Å². The summed E-state index contributed by atoms with van der Waals surface area (Å²) in [6, 6.07) is 13.5. The summed E-state index contributed by atoms with van der Waals surface area (Å²) in [6.45, 7) is 7.11. The Kier molecular flexibility index (Phi) is 7.72. The molecule has 0 aliphatic heterocycles. The predicted molar refractivity (Wildman–Crippen MR) is 98.6 cm³/mol. The lowest BCUT2D eigenvalue weighted by Crippen LogP contribution is -2.11. The molecule has 0 radical (unpaired) electrons. The molecule has 0 saturated carbocycles. The molecule has 1 N–H and O–H groups in total. The van der Waals surface area contributed by atoms with Crippen molar-refractivity contribution in [3.63, 3.8) is 0 Å². The summed E-state index contributed by atoms with van der Waals surface area (Å²) >= 11 is 6.00. The maximum atomic E-state index is 6.00. The highest BCUT2D eigenvalue weighted by atomic mass is 35.5. The van der Waals surface area contributed by atoms with Gasteiger partial charge in [0.05, 0.1) is 6.61 Å². The van der Waals surface area contributed by atoms with E-state index in [1.165, 1.54) is 0 Å². The minimum Gasteiger partial charge on any atom is -0.492 e. The minimum absolute atomic E-state index is 0.564. The van der Waals surface area contributed by atoms with E-state index in [1.807, 2.05) is 56.3 Å².